The number of hydrogen-bond donors (Lipinski definition) is 3. The summed E-state index contributed by atoms with van der Waals surface area (Å²) in [6.45, 7) is 4.57. The van der Waals surface area contributed by atoms with Crippen LogP contribution in [0, 0.1) is 0 Å². The van der Waals surface area contributed by atoms with E-state index < -0.39 is 0 Å². The van der Waals surface area contributed by atoms with Crippen LogP contribution in [0.4, 0.5) is 33.6 Å². The maximum Gasteiger partial charge on any atom is 0.330 e. The molecule has 0 atom stereocenters. The first-order chi connectivity index (χ1) is 18.5. The molecule has 38 heavy (non-hydrogen) atoms. The molecule has 0 radical (unpaired) electrons. The molecule has 2 aromatic carbocycles. The molecule has 11 heteroatoms. The van der Waals surface area contributed by atoms with Crippen molar-refractivity contribution in [3.8, 4) is 0 Å². The Labute approximate surface area is 219 Å². The highest BCUT2D eigenvalue weighted by Gasteiger charge is 2.33. The number of nitrogens with one attached hydrogen (secondary N) is 2. The number of carbonyl (C=O) groups is 2. The molecule has 2 aromatic heterocycles. The molecule has 0 saturated carbocycles. The number of aromatic nitrogens is 4. The van der Waals surface area contributed by atoms with E-state index in [-0.39, 0.29) is 24.5 Å². The number of aliphatic hydroxyl groups is 1. The maximum atomic E-state index is 13.9. The van der Waals surface area contributed by atoms with Crippen molar-refractivity contribution in [2.45, 2.75) is 19.6 Å². The van der Waals surface area contributed by atoms with E-state index >= 15 is 0 Å². The quantitative estimate of drug-likeness (QED) is 0.292. The Morgan fingerprint density at radius 2 is 1.95 bits per heavy atom. The lowest BCUT2D eigenvalue weighted by atomic mass is 10.1. The largest absolute Gasteiger partial charge is 0.394 e. The van der Waals surface area contributed by atoms with E-state index in [9.17, 15) is 9.59 Å². The number of urea groups is 1. The second kappa shape index (κ2) is 10.9. The van der Waals surface area contributed by atoms with Gasteiger partial charge in [0.05, 0.1) is 37.3 Å². The fourth-order valence-corrected chi connectivity index (χ4v) is 4.13. The predicted molar refractivity (Wildman–Crippen MR) is 143 cm³/mol. The summed E-state index contributed by atoms with van der Waals surface area (Å²) in [4.78, 5) is 38.1. The molecule has 0 fully saturated rings. The van der Waals surface area contributed by atoms with Gasteiger partial charge in [-0.25, -0.2) is 14.7 Å². The van der Waals surface area contributed by atoms with Crippen LogP contribution >= 0.6 is 0 Å². The molecule has 3 heterocycles. The van der Waals surface area contributed by atoms with E-state index in [2.05, 4.69) is 32.3 Å². The van der Waals surface area contributed by atoms with E-state index in [1.165, 1.54) is 11.0 Å². The van der Waals surface area contributed by atoms with Crippen LogP contribution in [-0.4, -0.2) is 48.3 Å². The molecule has 0 unspecified atom stereocenters. The molecule has 0 spiro atoms. The van der Waals surface area contributed by atoms with Crippen LogP contribution in [-0.2, 0) is 24.4 Å². The summed E-state index contributed by atoms with van der Waals surface area (Å²) in [5, 5.41) is 19.2. The minimum absolute atomic E-state index is 0.0284. The summed E-state index contributed by atoms with van der Waals surface area (Å²) < 4.78 is 1.60. The lowest BCUT2D eigenvalue weighted by Crippen LogP contribution is -2.45. The summed E-state index contributed by atoms with van der Waals surface area (Å²) in [5.41, 5.74) is 3.46. The van der Waals surface area contributed by atoms with Crippen molar-refractivity contribution in [1.82, 2.24) is 24.6 Å². The van der Waals surface area contributed by atoms with E-state index in [1.54, 1.807) is 52.4 Å². The highest BCUT2D eigenvalue weighted by Crippen LogP contribution is 2.35. The van der Waals surface area contributed by atoms with Crippen LogP contribution in [0.1, 0.15) is 11.1 Å². The average molecular weight is 511 g/mol. The van der Waals surface area contributed by atoms with E-state index in [4.69, 9.17) is 5.11 Å². The zero-order chi connectivity index (χ0) is 26.5. The number of amides is 3. The highest BCUT2D eigenvalue weighted by atomic mass is 16.3. The van der Waals surface area contributed by atoms with E-state index in [0.29, 0.717) is 42.5 Å². The Morgan fingerprint density at radius 3 is 2.74 bits per heavy atom. The zero-order valence-electron chi connectivity index (χ0n) is 20.5. The Bertz CT molecular complexity index is 1470. The third-order valence-electron chi connectivity index (χ3n) is 5.87. The monoisotopic (exact) mass is 510 g/mol. The first kappa shape index (κ1) is 24.7. The number of hydrogen-bond acceptors (Lipinski definition) is 7. The molecule has 1 aliphatic heterocycles. The normalized spacial score (nSPS) is 12.7. The first-order valence-corrected chi connectivity index (χ1v) is 12.0. The average Bonchev–Trinajstić information content (AvgIpc) is 3.37. The Hall–Kier alpha value is -5.03. The minimum Gasteiger partial charge on any atom is -0.394 e. The summed E-state index contributed by atoms with van der Waals surface area (Å²) in [5.74, 6) is 0.373. The van der Waals surface area contributed by atoms with Gasteiger partial charge < -0.3 is 20.6 Å². The van der Waals surface area contributed by atoms with Gasteiger partial charge in [-0.1, -0.05) is 43.0 Å². The molecule has 5 rings (SSSR count). The van der Waals surface area contributed by atoms with Gasteiger partial charge in [-0.05, 0) is 29.8 Å². The zero-order valence-corrected chi connectivity index (χ0v) is 20.5. The van der Waals surface area contributed by atoms with Crippen LogP contribution < -0.4 is 15.5 Å². The van der Waals surface area contributed by atoms with Crippen LogP contribution in [0.2, 0.25) is 0 Å². The number of fused-ring (bicyclic) bond motifs is 1. The van der Waals surface area contributed by atoms with Crippen molar-refractivity contribution in [1.29, 1.82) is 0 Å². The molecule has 11 nitrogen and oxygen atoms in total. The Kier molecular flexibility index (Phi) is 7.09. The Balaban J connectivity index is 1.51. The van der Waals surface area contributed by atoms with Crippen LogP contribution in [0.25, 0.3) is 0 Å². The van der Waals surface area contributed by atoms with Gasteiger partial charge in [0.25, 0.3) is 0 Å². The number of carbonyl (C=O) groups excluding carboxylic acids is 2. The molecule has 3 amide bonds. The van der Waals surface area contributed by atoms with Crippen molar-refractivity contribution in [2.24, 2.45) is 0 Å². The molecule has 0 bridgehead atoms. The highest BCUT2D eigenvalue weighted by molar-refractivity contribution is 6.03. The van der Waals surface area contributed by atoms with Crippen LogP contribution in [0.5, 0.6) is 0 Å². The van der Waals surface area contributed by atoms with Crippen LogP contribution in [0.15, 0.2) is 85.8 Å². The van der Waals surface area contributed by atoms with Gasteiger partial charge >= 0.3 is 6.03 Å². The van der Waals surface area contributed by atoms with E-state index in [0.717, 1.165) is 11.1 Å². The van der Waals surface area contributed by atoms with Crippen molar-refractivity contribution in [3.05, 3.63) is 97.0 Å². The Morgan fingerprint density at radius 1 is 1.11 bits per heavy atom. The minimum atomic E-state index is -0.353. The van der Waals surface area contributed by atoms with Crippen LogP contribution in [0.3, 0.4) is 0 Å². The number of anilines is 5. The lowest BCUT2D eigenvalue weighted by molar-refractivity contribution is -0.111. The summed E-state index contributed by atoms with van der Waals surface area (Å²) in [6.07, 6.45) is 6.22. The third-order valence-corrected chi connectivity index (χ3v) is 5.87. The fraction of sp³-hybridized carbons (Fsp3) is 0.148. The molecule has 192 valence electrons. The SMILES string of the molecule is C=CC(=O)Nc1cccc(N2C(=O)N(Cc3ccccc3)Cc3cnc(Nc4cnn(CCO)c4)nc32)c1. The summed E-state index contributed by atoms with van der Waals surface area (Å²) in [7, 11) is 0. The predicted octanol–water partition coefficient (Wildman–Crippen LogP) is 3.81. The summed E-state index contributed by atoms with van der Waals surface area (Å²) in [6, 6.07) is 16.5. The third kappa shape index (κ3) is 5.37. The number of nitrogens with zero attached hydrogens (tertiary/aromatic N) is 6. The van der Waals surface area contributed by atoms with Gasteiger partial charge in [0.1, 0.15) is 0 Å². The van der Waals surface area contributed by atoms with Crippen molar-refractivity contribution >= 4 is 40.8 Å². The number of rotatable bonds is 9. The maximum absolute atomic E-state index is 13.9. The van der Waals surface area contributed by atoms with Gasteiger partial charge in [-0.2, -0.15) is 10.1 Å². The second-order valence-electron chi connectivity index (χ2n) is 8.59. The molecular formula is C27H26N8O3. The molecular weight excluding hydrogens is 484 g/mol. The van der Waals surface area contributed by atoms with Gasteiger partial charge in [0, 0.05) is 30.2 Å². The van der Waals surface area contributed by atoms with E-state index in [1.807, 2.05) is 30.3 Å². The smallest absolute Gasteiger partial charge is 0.330 e. The fourth-order valence-electron chi connectivity index (χ4n) is 4.13. The number of benzene rings is 2. The standard InChI is InChI=1S/C27H26N8O3/c1-2-24(37)30-21-9-6-10-23(13-21)35-25-20(17-33(27(35)38)16-19-7-4-3-5-8-19)14-28-26(32-25)31-22-15-29-34(18-22)11-12-36/h2-10,13-15,18,36H,1,11-12,16-17H2,(H,30,37)(H,28,31,32). The molecule has 3 N–H and O–H groups in total. The molecule has 0 aliphatic carbocycles. The molecule has 1 aliphatic rings. The van der Waals surface area contributed by atoms with Crippen molar-refractivity contribution in [2.75, 3.05) is 22.1 Å². The first-order valence-electron chi connectivity index (χ1n) is 12.0. The van der Waals surface area contributed by atoms with Gasteiger partial charge in [-0.15, -0.1) is 0 Å². The van der Waals surface area contributed by atoms with Gasteiger partial charge in [-0.3, -0.25) is 9.48 Å². The lowest BCUT2D eigenvalue weighted by Gasteiger charge is -2.36. The molecule has 0 saturated heterocycles. The molecule has 4 aromatic rings. The van der Waals surface area contributed by atoms with Gasteiger partial charge in [0.2, 0.25) is 11.9 Å². The second-order valence-corrected chi connectivity index (χ2v) is 8.59. The summed E-state index contributed by atoms with van der Waals surface area (Å²) >= 11 is 0. The van der Waals surface area contributed by atoms with Crippen molar-refractivity contribution < 1.29 is 14.7 Å². The van der Waals surface area contributed by atoms with Gasteiger partial charge in [0.15, 0.2) is 5.82 Å². The number of aliphatic hydroxyl groups excluding tert-OH is 1. The topological polar surface area (TPSA) is 129 Å². The van der Waals surface area contributed by atoms with Crippen molar-refractivity contribution in [3.63, 3.8) is 0 Å².